The van der Waals surface area contributed by atoms with Gasteiger partial charge < -0.3 is 0 Å². The second kappa shape index (κ2) is 4.07. The summed E-state index contributed by atoms with van der Waals surface area (Å²) in [4.78, 5) is 15.0. The van der Waals surface area contributed by atoms with E-state index in [0.717, 1.165) is 12.1 Å². The van der Waals surface area contributed by atoms with Crippen LogP contribution in [0.25, 0.3) is 0 Å². The van der Waals surface area contributed by atoms with E-state index in [2.05, 4.69) is 10.7 Å². The molecule has 0 unspecified atom stereocenters. The first-order valence-electron chi connectivity index (χ1n) is 5.02. The van der Waals surface area contributed by atoms with E-state index in [1.165, 1.54) is 13.0 Å². The molecule has 0 aromatic heterocycles. The molecule has 0 atom stereocenters. The van der Waals surface area contributed by atoms with E-state index >= 15 is 0 Å². The summed E-state index contributed by atoms with van der Waals surface area (Å²) in [5, 5.41) is 0. The van der Waals surface area contributed by atoms with Gasteiger partial charge in [0, 0.05) is 12.5 Å². The van der Waals surface area contributed by atoms with Crippen LogP contribution in [0.2, 0.25) is 0 Å². The largest absolute Gasteiger partial charge is 0.292 e. The summed E-state index contributed by atoms with van der Waals surface area (Å²) in [6.45, 7) is 2.94. The molecule has 1 aromatic rings. The maximum Gasteiger partial charge on any atom is 0.186 e. The number of carbonyl (C=O) groups is 1. The Bertz CT molecular complexity index is 588. The molecule has 0 fully saturated rings. The molecule has 0 radical (unpaired) electrons. The molecular formula is C13H9F2NO. The zero-order chi connectivity index (χ0) is 12.6. The molecule has 4 heteroatoms. The Morgan fingerprint density at radius 3 is 2.35 bits per heavy atom. The summed E-state index contributed by atoms with van der Waals surface area (Å²) < 4.78 is 27.1. The SMILES string of the molecule is CC(=O)C1=C=C(C)C(c2c(F)cccc2F)=N1. The van der Waals surface area contributed by atoms with Gasteiger partial charge in [-0.25, -0.2) is 13.8 Å². The Kier molecular flexibility index (Phi) is 2.74. The van der Waals surface area contributed by atoms with Gasteiger partial charge in [-0.1, -0.05) is 11.8 Å². The molecule has 0 bridgehead atoms. The standard InChI is InChI=1S/C13H9F2NO/c1-7-6-11(8(2)17)16-13(7)12-9(14)4-3-5-10(12)15/h3-5H,1-2H3. The molecule has 0 saturated carbocycles. The molecule has 1 aromatic carbocycles. The highest BCUT2D eigenvalue weighted by Gasteiger charge is 2.21. The molecule has 0 aliphatic carbocycles. The predicted octanol–water partition coefficient (Wildman–Crippen LogP) is 2.79. The average molecular weight is 233 g/mol. The van der Waals surface area contributed by atoms with Crippen LogP contribution in [-0.4, -0.2) is 11.5 Å². The fraction of sp³-hybridized carbons (Fsp3) is 0.154. The van der Waals surface area contributed by atoms with Crippen molar-refractivity contribution >= 4 is 11.5 Å². The summed E-state index contributed by atoms with van der Waals surface area (Å²) in [6, 6.07) is 3.59. The van der Waals surface area contributed by atoms with Crippen LogP contribution in [0.1, 0.15) is 19.4 Å². The highest BCUT2D eigenvalue weighted by molar-refractivity contribution is 6.16. The molecule has 1 aliphatic rings. The van der Waals surface area contributed by atoms with Crippen LogP contribution in [0.3, 0.4) is 0 Å². The summed E-state index contributed by atoms with van der Waals surface area (Å²) in [5.74, 6) is -1.68. The summed E-state index contributed by atoms with van der Waals surface area (Å²) in [6.07, 6.45) is 0. The van der Waals surface area contributed by atoms with Crippen LogP contribution in [0, 0.1) is 11.6 Å². The zero-order valence-electron chi connectivity index (χ0n) is 9.34. The first-order chi connectivity index (χ1) is 8.00. The fourth-order valence-electron chi connectivity index (χ4n) is 1.59. The van der Waals surface area contributed by atoms with Crippen molar-refractivity contribution in [2.24, 2.45) is 4.99 Å². The second-order valence-electron chi connectivity index (χ2n) is 3.71. The molecule has 0 N–H and O–H groups in total. The van der Waals surface area contributed by atoms with Crippen LogP contribution < -0.4 is 0 Å². The number of allylic oxidation sites excluding steroid dienone is 1. The van der Waals surface area contributed by atoms with Gasteiger partial charge in [0.05, 0.1) is 11.3 Å². The van der Waals surface area contributed by atoms with Gasteiger partial charge in [-0.05, 0) is 19.1 Å². The Hall–Kier alpha value is -2.06. The number of Topliss-reactive ketones (excluding diaryl/α,β-unsaturated/α-hetero) is 1. The van der Waals surface area contributed by atoms with Gasteiger partial charge in [-0.2, -0.15) is 0 Å². The minimum atomic E-state index is -0.699. The average Bonchev–Trinajstić information content (AvgIpc) is 2.61. The lowest BCUT2D eigenvalue weighted by Gasteiger charge is -2.05. The van der Waals surface area contributed by atoms with E-state index in [1.54, 1.807) is 6.92 Å². The molecule has 1 aliphatic heterocycles. The summed E-state index contributed by atoms with van der Waals surface area (Å²) >= 11 is 0. The molecule has 1 heterocycles. The molecule has 86 valence electrons. The van der Waals surface area contributed by atoms with Crippen LogP contribution in [0.15, 0.2) is 40.2 Å². The number of carbonyl (C=O) groups excluding carboxylic acids is 1. The smallest absolute Gasteiger partial charge is 0.186 e. The quantitative estimate of drug-likeness (QED) is 0.722. The van der Waals surface area contributed by atoms with Crippen molar-refractivity contribution in [1.29, 1.82) is 0 Å². The molecular weight excluding hydrogens is 224 g/mol. The fourth-order valence-corrected chi connectivity index (χ4v) is 1.59. The van der Waals surface area contributed by atoms with Gasteiger partial charge in [0.25, 0.3) is 0 Å². The van der Waals surface area contributed by atoms with E-state index in [0.29, 0.717) is 5.57 Å². The number of benzene rings is 1. The lowest BCUT2D eigenvalue weighted by Crippen LogP contribution is -2.07. The number of halogens is 2. The van der Waals surface area contributed by atoms with Crippen LogP contribution >= 0.6 is 0 Å². The van der Waals surface area contributed by atoms with Crippen molar-refractivity contribution < 1.29 is 13.6 Å². The molecule has 17 heavy (non-hydrogen) atoms. The van der Waals surface area contributed by atoms with Crippen LogP contribution in [0.5, 0.6) is 0 Å². The lowest BCUT2D eigenvalue weighted by atomic mass is 10.0. The van der Waals surface area contributed by atoms with Crippen molar-refractivity contribution in [3.05, 3.63) is 52.4 Å². The van der Waals surface area contributed by atoms with Crippen molar-refractivity contribution in [2.75, 3.05) is 0 Å². The number of hydrogen-bond acceptors (Lipinski definition) is 2. The van der Waals surface area contributed by atoms with E-state index in [9.17, 15) is 13.6 Å². The lowest BCUT2D eigenvalue weighted by molar-refractivity contribution is -0.113. The van der Waals surface area contributed by atoms with Crippen molar-refractivity contribution in [3.63, 3.8) is 0 Å². The molecule has 0 spiro atoms. The Labute approximate surface area is 97.0 Å². The Morgan fingerprint density at radius 1 is 1.29 bits per heavy atom. The first kappa shape index (κ1) is 11.4. The van der Waals surface area contributed by atoms with Crippen LogP contribution in [0.4, 0.5) is 8.78 Å². The normalized spacial score (nSPS) is 14.2. The van der Waals surface area contributed by atoms with E-state index in [1.807, 2.05) is 0 Å². The van der Waals surface area contributed by atoms with Gasteiger partial charge in [0.15, 0.2) is 5.78 Å². The maximum atomic E-state index is 13.5. The number of nitrogens with zero attached hydrogens (tertiary/aromatic N) is 1. The van der Waals surface area contributed by atoms with E-state index in [4.69, 9.17) is 0 Å². The van der Waals surface area contributed by atoms with Gasteiger partial charge in [-0.15, -0.1) is 0 Å². The predicted molar refractivity (Wildman–Crippen MR) is 59.8 cm³/mol. The number of ketones is 1. The molecule has 0 saturated heterocycles. The van der Waals surface area contributed by atoms with Crippen molar-refractivity contribution in [3.8, 4) is 0 Å². The van der Waals surface area contributed by atoms with Crippen molar-refractivity contribution in [1.82, 2.24) is 0 Å². The van der Waals surface area contributed by atoms with Gasteiger partial charge in [0.2, 0.25) is 0 Å². The van der Waals surface area contributed by atoms with E-state index < -0.39 is 11.6 Å². The third kappa shape index (κ3) is 1.95. The minimum Gasteiger partial charge on any atom is -0.292 e. The minimum absolute atomic E-state index is 0.0974. The van der Waals surface area contributed by atoms with E-state index in [-0.39, 0.29) is 22.8 Å². The van der Waals surface area contributed by atoms with Crippen molar-refractivity contribution in [2.45, 2.75) is 13.8 Å². The summed E-state index contributed by atoms with van der Waals surface area (Å²) in [7, 11) is 0. The monoisotopic (exact) mass is 233 g/mol. The maximum absolute atomic E-state index is 13.5. The molecule has 2 nitrogen and oxygen atoms in total. The summed E-state index contributed by atoms with van der Waals surface area (Å²) in [5.41, 5.74) is 3.17. The zero-order valence-corrected chi connectivity index (χ0v) is 9.34. The van der Waals surface area contributed by atoms with Gasteiger partial charge in [0.1, 0.15) is 17.3 Å². The first-order valence-corrected chi connectivity index (χ1v) is 5.02. The Balaban J connectivity index is 2.57. The second-order valence-corrected chi connectivity index (χ2v) is 3.71. The number of rotatable bonds is 2. The Morgan fingerprint density at radius 2 is 1.88 bits per heavy atom. The third-order valence-corrected chi connectivity index (χ3v) is 2.42. The molecule has 2 rings (SSSR count). The van der Waals surface area contributed by atoms with Crippen LogP contribution in [-0.2, 0) is 4.79 Å². The number of hydrogen-bond donors (Lipinski definition) is 0. The highest BCUT2D eigenvalue weighted by atomic mass is 19.1. The van der Waals surface area contributed by atoms with Gasteiger partial charge >= 0.3 is 0 Å². The highest BCUT2D eigenvalue weighted by Crippen LogP contribution is 2.22. The third-order valence-electron chi connectivity index (χ3n) is 2.42. The molecule has 0 amide bonds. The topological polar surface area (TPSA) is 29.4 Å². The number of aliphatic imine (C=N–C) groups is 1. The van der Waals surface area contributed by atoms with Gasteiger partial charge in [-0.3, -0.25) is 4.79 Å².